The summed E-state index contributed by atoms with van der Waals surface area (Å²) >= 11 is 0. The molecule has 0 radical (unpaired) electrons. The van der Waals surface area contributed by atoms with Crippen molar-refractivity contribution in [1.82, 2.24) is 0 Å². The minimum Gasteiger partial charge on any atom is -0.462 e. The highest BCUT2D eigenvalue weighted by atomic mass is 31.2. The highest BCUT2D eigenvalue weighted by Gasteiger charge is 2.25. The summed E-state index contributed by atoms with van der Waals surface area (Å²) in [7, 11) is -4.37. The molecule has 0 aliphatic rings. The zero-order valence-electron chi connectivity index (χ0n) is 31.4. The lowest BCUT2D eigenvalue weighted by Gasteiger charge is -2.19. The standard InChI is InChI=1S/C40H70NO8P/c1-3-5-7-9-11-12-13-14-15-16-17-18-19-20-21-22-23-24-25-26-27-29-31-33-40(43)49-38(37-48-50(44,45)47-35-34-41)36-46-39(42)32-30-28-10-8-6-4-2/h5,7,11-12,14-15,17-18,20-21,38H,3-4,6,8-10,13,16,19,22-37,41H2,1-2H3,(H,44,45)/b7-5-,12-11-,15-14-,18-17-,21-20-. The molecule has 0 aromatic rings. The van der Waals surface area contributed by atoms with Gasteiger partial charge in [0.1, 0.15) is 6.61 Å². The number of carbonyl (C=O) groups excluding carboxylic acids is 2. The fraction of sp³-hybridized carbons (Fsp3) is 0.700. The Kier molecular flexibility index (Phi) is 34.8. The van der Waals surface area contributed by atoms with Gasteiger partial charge in [0.05, 0.1) is 13.2 Å². The maximum Gasteiger partial charge on any atom is 0.472 e. The van der Waals surface area contributed by atoms with Crippen LogP contribution in [0.25, 0.3) is 0 Å². The van der Waals surface area contributed by atoms with Crippen molar-refractivity contribution < 1.29 is 37.6 Å². The molecule has 0 rings (SSSR count). The SMILES string of the molecule is CC/C=C\C/C=C\C/C=C\C/C=C\C/C=C\CCCCCCCCCC(=O)OC(COC(=O)CCCCCCCC)COP(=O)(O)OCCN. The van der Waals surface area contributed by atoms with Gasteiger partial charge in [0, 0.05) is 19.4 Å². The summed E-state index contributed by atoms with van der Waals surface area (Å²) < 4.78 is 32.5. The van der Waals surface area contributed by atoms with Crippen LogP contribution >= 0.6 is 7.82 Å². The third-order valence-electron chi connectivity index (χ3n) is 7.67. The summed E-state index contributed by atoms with van der Waals surface area (Å²) in [6, 6.07) is 0. The second kappa shape index (κ2) is 36.5. The number of hydrogen-bond acceptors (Lipinski definition) is 8. The van der Waals surface area contributed by atoms with Crippen molar-refractivity contribution >= 4 is 19.8 Å². The molecule has 9 nitrogen and oxygen atoms in total. The summed E-state index contributed by atoms with van der Waals surface area (Å²) in [5.41, 5.74) is 5.32. The Morgan fingerprint density at radius 3 is 1.64 bits per heavy atom. The zero-order chi connectivity index (χ0) is 36.8. The molecule has 10 heteroatoms. The van der Waals surface area contributed by atoms with Crippen LogP contribution in [0.2, 0.25) is 0 Å². The molecule has 50 heavy (non-hydrogen) atoms. The van der Waals surface area contributed by atoms with Crippen LogP contribution < -0.4 is 5.73 Å². The van der Waals surface area contributed by atoms with E-state index in [-0.39, 0.29) is 32.6 Å². The molecule has 0 fully saturated rings. The Bertz CT molecular complexity index is 1010. The van der Waals surface area contributed by atoms with E-state index in [2.05, 4.69) is 74.6 Å². The molecule has 0 saturated heterocycles. The smallest absolute Gasteiger partial charge is 0.462 e. The zero-order valence-corrected chi connectivity index (χ0v) is 32.3. The van der Waals surface area contributed by atoms with E-state index in [0.29, 0.717) is 6.42 Å². The van der Waals surface area contributed by atoms with E-state index in [1.165, 1.54) is 25.7 Å². The van der Waals surface area contributed by atoms with Gasteiger partial charge < -0.3 is 20.1 Å². The average molecular weight is 724 g/mol. The molecule has 0 aliphatic carbocycles. The molecule has 0 heterocycles. The summed E-state index contributed by atoms with van der Waals surface area (Å²) in [5.74, 6) is -0.857. The molecular formula is C40H70NO8P. The van der Waals surface area contributed by atoms with Crippen molar-refractivity contribution in [3.8, 4) is 0 Å². The predicted octanol–water partition coefficient (Wildman–Crippen LogP) is 10.5. The normalized spacial score (nSPS) is 14.1. The first-order valence-corrected chi connectivity index (χ1v) is 20.8. The largest absolute Gasteiger partial charge is 0.472 e. The number of rotatable bonds is 35. The topological polar surface area (TPSA) is 134 Å². The van der Waals surface area contributed by atoms with Crippen LogP contribution in [0.5, 0.6) is 0 Å². The number of phosphoric ester groups is 1. The lowest BCUT2D eigenvalue weighted by Crippen LogP contribution is -2.29. The molecule has 0 aromatic carbocycles. The van der Waals surface area contributed by atoms with E-state index in [9.17, 15) is 19.0 Å². The number of ether oxygens (including phenoxy) is 2. The van der Waals surface area contributed by atoms with Crippen molar-refractivity contribution in [2.75, 3.05) is 26.4 Å². The van der Waals surface area contributed by atoms with Crippen molar-refractivity contribution in [3.05, 3.63) is 60.8 Å². The Morgan fingerprint density at radius 1 is 0.620 bits per heavy atom. The van der Waals surface area contributed by atoms with Crippen molar-refractivity contribution in [1.29, 1.82) is 0 Å². The van der Waals surface area contributed by atoms with Gasteiger partial charge in [0.15, 0.2) is 6.10 Å². The summed E-state index contributed by atoms with van der Waals surface area (Å²) in [6.45, 7) is 3.51. The number of phosphoric acid groups is 1. The van der Waals surface area contributed by atoms with Gasteiger partial charge in [-0.1, -0.05) is 139 Å². The molecule has 0 spiro atoms. The first-order valence-electron chi connectivity index (χ1n) is 19.3. The summed E-state index contributed by atoms with van der Waals surface area (Å²) in [6.07, 6.45) is 41.4. The van der Waals surface area contributed by atoms with Gasteiger partial charge in [-0.05, 0) is 57.8 Å². The van der Waals surface area contributed by atoms with Gasteiger partial charge in [-0.15, -0.1) is 0 Å². The van der Waals surface area contributed by atoms with Crippen LogP contribution in [0, 0.1) is 0 Å². The molecule has 0 saturated carbocycles. The molecule has 288 valence electrons. The van der Waals surface area contributed by atoms with E-state index in [1.54, 1.807) is 0 Å². The van der Waals surface area contributed by atoms with Gasteiger partial charge in [0.2, 0.25) is 0 Å². The molecular weight excluding hydrogens is 653 g/mol. The number of hydrogen-bond donors (Lipinski definition) is 2. The number of carbonyl (C=O) groups is 2. The molecule has 0 bridgehead atoms. The van der Waals surface area contributed by atoms with E-state index in [1.807, 2.05) is 0 Å². The molecule has 0 aliphatic heterocycles. The highest BCUT2D eigenvalue weighted by Crippen LogP contribution is 2.43. The van der Waals surface area contributed by atoms with Crippen LogP contribution in [0.4, 0.5) is 0 Å². The van der Waals surface area contributed by atoms with Crippen molar-refractivity contribution in [3.63, 3.8) is 0 Å². The van der Waals surface area contributed by atoms with Crippen LogP contribution in [-0.4, -0.2) is 49.3 Å². The first kappa shape index (κ1) is 47.7. The molecule has 2 unspecified atom stereocenters. The van der Waals surface area contributed by atoms with Crippen molar-refractivity contribution in [2.24, 2.45) is 5.73 Å². The lowest BCUT2D eigenvalue weighted by atomic mass is 10.1. The maximum absolute atomic E-state index is 12.5. The maximum atomic E-state index is 12.5. The summed E-state index contributed by atoms with van der Waals surface area (Å²) in [4.78, 5) is 34.5. The van der Waals surface area contributed by atoms with Gasteiger partial charge in [-0.3, -0.25) is 18.6 Å². The minimum absolute atomic E-state index is 0.0491. The highest BCUT2D eigenvalue weighted by molar-refractivity contribution is 7.47. The van der Waals surface area contributed by atoms with Gasteiger partial charge in [-0.25, -0.2) is 4.57 Å². The quantitative estimate of drug-likeness (QED) is 0.0283. The fourth-order valence-electron chi connectivity index (χ4n) is 4.84. The van der Waals surface area contributed by atoms with Gasteiger partial charge in [0.25, 0.3) is 0 Å². The predicted molar refractivity (Wildman–Crippen MR) is 206 cm³/mol. The van der Waals surface area contributed by atoms with E-state index in [0.717, 1.165) is 89.9 Å². The summed E-state index contributed by atoms with van der Waals surface area (Å²) in [5, 5.41) is 0. The van der Waals surface area contributed by atoms with Crippen LogP contribution in [0.15, 0.2) is 60.8 Å². The fourth-order valence-corrected chi connectivity index (χ4v) is 5.60. The number of allylic oxidation sites excluding steroid dienone is 10. The Labute approximate surface area is 304 Å². The lowest BCUT2D eigenvalue weighted by molar-refractivity contribution is -0.161. The Morgan fingerprint density at radius 2 is 1.10 bits per heavy atom. The third kappa shape index (κ3) is 35.5. The van der Waals surface area contributed by atoms with Gasteiger partial charge in [-0.2, -0.15) is 0 Å². The minimum atomic E-state index is -4.37. The second-order valence-corrected chi connectivity index (χ2v) is 13.9. The monoisotopic (exact) mass is 723 g/mol. The molecule has 0 amide bonds. The average Bonchev–Trinajstić information content (AvgIpc) is 3.10. The van der Waals surface area contributed by atoms with E-state index >= 15 is 0 Å². The number of unbranched alkanes of at least 4 members (excludes halogenated alkanes) is 12. The van der Waals surface area contributed by atoms with Crippen LogP contribution in [0.1, 0.15) is 149 Å². The van der Waals surface area contributed by atoms with Crippen LogP contribution in [-0.2, 0) is 32.7 Å². The van der Waals surface area contributed by atoms with Crippen LogP contribution in [0.3, 0.4) is 0 Å². The van der Waals surface area contributed by atoms with Gasteiger partial charge >= 0.3 is 19.8 Å². The van der Waals surface area contributed by atoms with E-state index < -0.39 is 32.5 Å². The number of nitrogens with two attached hydrogens (primary N) is 1. The molecule has 3 N–H and O–H groups in total. The second-order valence-electron chi connectivity index (χ2n) is 12.4. The molecule has 0 aromatic heterocycles. The Balaban J connectivity index is 4.10. The number of esters is 2. The Hall–Kier alpha value is -2.29. The van der Waals surface area contributed by atoms with E-state index in [4.69, 9.17) is 24.3 Å². The molecule has 2 atom stereocenters. The third-order valence-corrected chi connectivity index (χ3v) is 8.65. The van der Waals surface area contributed by atoms with Crippen molar-refractivity contribution in [2.45, 2.75) is 155 Å². The first-order chi connectivity index (χ1) is 24.3.